The number of piperidine rings is 1. The molecular weight excluding hydrogens is 372 g/mol. The molecule has 0 radical (unpaired) electrons. The normalized spacial score (nSPS) is 16.7. The van der Waals surface area contributed by atoms with Crippen LogP contribution >= 0.6 is 0 Å². The van der Waals surface area contributed by atoms with Crippen LogP contribution in [0, 0.1) is 5.92 Å². The molecule has 5 rings (SSSR count). The van der Waals surface area contributed by atoms with Crippen molar-refractivity contribution in [3.8, 4) is 0 Å². The number of nitrogens with zero attached hydrogens (tertiary/aromatic N) is 2. The Bertz CT molecular complexity index is 1210. The molecule has 0 aliphatic carbocycles. The van der Waals surface area contributed by atoms with Crippen LogP contribution in [-0.4, -0.2) is 34.0 Å². The zero-order valence-electron chi connectivity index (χ0n) is 16.7. The number of aliphatic carboxylic acids is 1. The van der Waals surface area contributed by atoms with E-state index in [1.807, 2.05) is 24.4 Å². The van der Waals surface area contributed by atoms with Crippen LogP contribution in [0.5, 0.6) is 0 Å². The van der Waals surface area contributed by atoms with Crippen molar-refractivity contribution in [3.63, 3.8) is 0 Å². The summed E-state index contributed by atoms with van der Waals surface area (Å²) in [5, 5.41) is 13.0. The number of hydrogen-bond acceptors (Lipinski definition) is 3. The van der Waals surface area contributed by atoms with Gasteiger partial charge >= 0.3 is 5.97 Å². The Balaban J connectivity index is 1.63. The van der Waals surface area contributed by atoms with Gasteiger partial charge in [0, 0.05) is 11.6 Å². The van der Waals surface area contributed by atoms with E-state index in [1.54, 1.807) is 0 Å². The molecule has 1 aromatic heterocycles. The molecule has 150 valence electrons. The van der Waals surface area contributed by atoms with Crippen molar-refractivity contribution >= 4 is 27.6 Å². The molecule has 30 heavy (non-hydrogen) atoms. The molecule has 0 amide bonds. The van der Waals surface area contributed by atoms with E-state index in [1.165, 1.54) is 16.3 Å². The minimum absolute atomic E-state index is 0.0444. The van der Waals surface area contributed by atoms with Crippen molar-refractivity contribution in [1.82, 2.24) is 9.88 Å². The van der Waals surface area contributed by atoms with E-state index in [4.69, 9.17) is 4.98 Å². The van der Waals surface area contributed by atoms with E-state index < -0.39 is 5.97 Å². The maximum absolute atomic E-state index is 11.5. The third kappa shape index (κ3) is 3.44. The maximum atomic E-state index is 11.5. The van der Waals surface area contributed by atoms with E-state index in [0.29, 0.717) is 12.8 Å². The maximum Gasteiger partial charge on any atom is 0.306 e. The summed E-state index contributed by atoms with van der Waals surface area (Å²) in [4.78, 5) is 18.6. The Labute approximate surface area is 175 Å². The summed E-state index contributed by atoms with van der Waals surface area (Å²) in [6, 6.07) is 25.4. The number of carboxylic acids is 1. The minimum Gasteiger partial charge on any atom is -0.481 e. The molecule has 1 unspecified atom stereocenters. The summed E-state index contributed by atoms with van der Waals surface area (Å²) >= 11 is 0. The molecule has 1 atom stereocenters. The number of carboxylic acid groups (broad SMARTS) is 1. The third-order valence-corrected chi connectivity index (χ3v) is 6.29. The number of rotatable bonds is 4. The molecule has 4 aromatic rings. The molecule has 1 fully saturated rings. The summed E-state index contributed by atoms with van der Waals surface area (Å²) in [5.74, 6) is -0.923. The van der Waals surface area contributed by atoms with Crippen molar-refractivity contribution in [2.24, 2.45) is 5.92 Å². The molecule has 1 aliphatic heterocycles. The van der Waals surface area contributed by atoms with Crippen LogP contribution in [0.4, 0.5) is 0 Å². The first-order valence-electron chi connectivity index (χ1n) is 10.5. The fraction of sp³-hybridized carbons (Fsp3) is 0.231. The molecule has 0 saturated carbocycles. The summed E-state index contributed by atoms with van der Waals surface area (Å²) in [6.07, 6.45) is 3.34. The van der Waals surface area contributed by atoms with Crippen molar-refractivity contribution in [3.05, 3.63) is 90.1 Å². The summed E-state index contributed by atoms with van der Waals surface area (Å²) in [5.41, 5.74) is 3.39. The van der Waals surface area contributed by atoms with E-state index in [2.05, 4.69) is 59.5 Å². The number of benzene rings is 3. The molecular formula is C26H24N2O2. The topological polar surface area (TPSA) is 53.4 Å². The number of aromatic nitrogens is 1. The average Bonchev–Trinajstić information content (AvgIpc) is 2.80. The van der Waals surface area contributed by atoms with Crippen molar-refractivity contribution in [2.75, 3.05) is 13.1 Å². The lowest BCUT2D eigenvalue weighted by Crippen LogP contribution is -2.39. The lowest BCUT2D eigenvalue weighted by atomic mass is 9.89. The van der Waals surface area contributed by atoms with Crippen molar-refractivity contribution in [1.29, 1.82) is 0 Å². The van der Waals surface area contributed by atoms with Crippen LogP contribution in [0.2, 0.25) is 0 Å². The Morgan fingerprint density at radius 3 is 2.43 bits per heavy atom. The zero-order chi connectivity index (χ0) is 20.5. The summed E-state index contributed by atoms with van der Waals surface area (Å²) in [6.45, 7) is 1.52. The first kappa shape index (κ1) is 18.8. The molecule has 1 saturated heterocycles. The lowest BCUT2D eigenvalue weighted by Gasteiger charge is -2.37. The number of pyridine rings is 1. The Morgan fingerprint density at radius 1 is 0.933 bits per heavy atom. The highest BCUT2D eigenvalue weighted by molar-refractivity contribution is 5.87. The Kier molecular flexibility index (Phi) is 4.93. The van der Waals surface area contributed by atoms with E-state index in [9.17, 15) is 9.90 Å². The predicted octanol–water partition coefficient (Wildman–Crippen LogP) is 5.27. The quantitative estimate of drug-likeness (QED) is 0.510. The fourth-order valence-electron chi connectivity index (χ4n) is 4.72. The number of para-hydroxylation sites is 1. The van der Waals surface area contributed by atoms with Gasteiger partial charge in [0.25, 0.3) is 0 Å². The van der Waals surface area contributed by atoms with Gasteiger partial charge in [0.2, 0.25) is 0 Å². The van der Waals surface area contributed by atoms with Gasteiger partial charge in [-0.3, -0.25) is 14.7 Å². The van der Waals surface area contributed by atoms with Gasteiger partial charge in [0.05, 0.1) is 17.5 Å². The second-order valence-electron chi connectivity index (χ2n) is 8.08. The molecule has 1 N–H and O–H groups in total. The van der Waals surface area contributed by atoms with E-state index in [0.717, 1.165) is 29.6 Å². The predicted molar refractivity (Wildman–Crippen MR) is 119 cm³/mol. The molecule has 1 aliphatic rings. The second kappa shape index (κ2) is 7.88. The van der Waals surface area contributed by atoms with Crippen molar-refractivity contribution < 1.29 is 9.90 Å². The van der Waals surface area contributed by atoms with Gasteiger partial charge in [-0.15, -0.1) is 0 Å². The number of carbonyl (C=O) groups is 1. The first-order valence-corrected chi connectivity index (χ1v) is 10.5. The Morgan fingerprint density at radius 2 is 1.63 bits per heavy atom. The molecule has 0 spiro atoms. The zero-order valence-corrected chi connectivity index (χ0v) is 16.7. The van der Waals surface area contributed by atoms with E-state index in [-0.39, 0.29) is 12.0 Å². The summed E-state index contributed by atoms with van der Waals surface area (Å²) in [7, 11) is 0. The highest BCUT2D eigenvalue weighted by Gasteiger charge is 2.31. The number of fused-ring (bicyclic) bond motifs is 2. The summed E-state index contributed by atoms with van der Waals surface area (Å²) < 4.78 is 0. The van der Waals surface area contributed by atoms with Gasteiger partial charge in [0.1, 0.15) is 0 Å². The van der Waals surface area contributed by atoms with Crippen LogP contribution in [-0.2, 0) is 4.79 Å². The van der Waals surface area contributed by atoms with Crippen LogP contribution < -0.4 is 0 Å². The van der Waals surface area contributed by atoms with Crippen LogP contribution in [0.25, 0.3) is 21.7 Å². The average molecular weight is 396 g/mol. The van der Waals surface area contributed by atoms with Crippen molar-refractivity contribution in [2.45, 2.75) is 18.9 Å². The SMILES string of the molecule is O=C(O)C1CCN(C(c2cnc3ccccc3c2)c2cccc3ccccc23)CC1. The molecule has 2 heterocycles. The first-order chi connectivity index (χ1) is 14.7. The van der Waals surface area contributed by atoms with Gasteiger partial charge in [-0.25, -0.2) is 0 Å². The Hall–Kier alpha value is -3.24. The molecule has 0 bridgehead atoms. The number of likely N-dealkylation sites (tertiary alicyclic amines) is 1. The standard InChI is InChI=1S/C26H24N2O2/c29-26(30)19-12-14-28(15-13-19)25(21-16-20-7-2-4-11-24(20)27-17-21)23-10-5-8-18-6-1-3-9-22(18)23/h1-11,16-17,19,25H,12-15H2,(H,29,30). The molecule has 3 aromatic carbocycles. The largest absolute Gasteiger partial charge is 0.481 e. The van der Waals surface area contributed by atoms with Gasteiger partial charge in [-0.05, 0) is 60.0 Å². The van der Waals surface area contributed by atoms with Gasteiger partial charge < -0.3 is 5.11 Å². The van der Waals surface area contributed by atoms with Gasteiger partial charge in [-0.1, -0.05) is 60.7 Å². The van der Waals surface area contributed by atoms with E-state index >= 15 is 0 Å². The van der Waals surface area contributed by atoms with Crippen LogP contribution in [0.1, 0.15) is 30.0 Å². The fourth-order valence-corrected chi connectivity index (χ4v) is 4.72. The minimum atomic E-state index is -0.677. The lowest BCUT2D eigenvalue weighted by molar-refractivity contribution is -0.143. The highest BCUT2D eigenvalue weighted by atomic mass is 16.4. The monoisotopic (exact) mass is 396 g/mol. The highest BCUT2D eigenvalue weighted by Crippen LogP contribution is 2.36. The third-order valence-electron chi connectivity index (χ3n) is 6.29. The molecule has 4 heteroatoms. The van der Waals surface area contributed by atoms with Gasteiger partial charge in [-0.2, -0.15) is 0 Å². The van der Waals surface area contributed by atoms with Crippen LogP contribution in [0.3, 0.4) is 0 Å². The smallest absolute Gasteiger partial charge is 0.306 e. The number of hydrogen-bond donors (Lipinski definition) is 1. The van der Waals surface area contributed by atoms with Gasteiger partial charge in [0.15, 0.2) is 0 Å². The van der Waals surface area contributed by atoms with Crippen LogP contribution in [0.15, 0.2) is 79.0 Å². The second-order valence-corrected chi connectivity index (χ2v) is 8.08. The molecule has 4 nitrogen and oxygen atoms in total.